The summed E-state index contributed by atoms with van der Waals surface area (Å²) >= 11 is 0. The molecule has 0 aromatic carbocycles. The molecule has 4 saturated carbocycles. The van der Waals surface area contributed by atoms with E-state index in [1.54, 1.807) is 5.57 Å². The quantitative estimate of drug-likeness (QED) is 0.166. The van der Waals surface area contributed by atoms with Crippen molar-refractivity contribution in [3.63, 3.8) is 0 Å². The molecule has 0 aromatic heterocycles. The van der Waals surface area contributed by atoms with Crippen LogP contribution in [-0.4, -0.2) is 12.1 Å². The first-order valence-corrected chi connectivity index (χ1v) is 16.8. The standard InChI is InChI=1S/C35H58O2/c1-4-5-6-7-8-12-15-27-17-19-31-30-18-16-28-25-29(37-33(36)24-26-13-10-9-11-14-26)20-22-35(28,3)32(30)21-23-34(27,31)2/h16,26-27,29-32H,4-15,17-25H2,1-3H3. The van der Waals surface area contributed by atoms with Crippen molar-refractivity contribution >= 4 is 5.97 Å². The lowest BCUT2D eigenvalue weighted by atomic mass is 9.47. The Morgan fingerprint density at radius 1 is 0.892 bits per heavy atom. The highest BCUT2D eigenvalue weighted by molar-refractivity contribution is 5.70. The van der Waals surface area contributed by atoms with E-state index >= 15 is 0 Å². The molecule has 0 bridgehead atoms. The Kier molecular flexibility index (Phi) is 9.13. The summed E-state index contributed by atoms with van der Waals surface area (Å²) in [7, 11) is 0. The van der Waals surface area contributed by atoms with Gasteiger partial charge in [-0.2, -0.15) is 0 Å². The predicted molar refractivity (Wildman–Crippen MR) is 154 cm³/mol. The van der Waals surface area contributed by atoms with E-state index in [1.165, 1.54) is 116 Å². The highest BCUT2D eigenvalue weighted by Gasteiger charge is 2.58. The number of carbonyl (C=O) groups is 1. The largest absolute Gasteiger partial charge is 0.462 e. The number of fused-ring (bicyclic) bond motifs is 5. The minimum absolute atomic E-state index is 0.0885. The van der Waals surface area contributed by atoms with Gasteiger partial charge in [-0.05, 0) is 105 Å². The van der Waals surface area contributed by atoms with Gasteiger partial charge in [-0.25, -0.2) is 0 Å². The monoisotopic (exact) mass is 510 g/mol. The number of esters is 1. The van der Waals surface area contributed by atoms with Gasteiger partial charge in [0.2, 0.25) is 0 Å². The van der Waals surface area contributed by atoms with Gasteiger partial charge in [-0.3, -0.25) is 4.79 Å². The smallest absolute Gasteiger partial charge is 0.306 e. The molecule has 0 aliphatic heterocycles. The number of hydrogen-bond donors (Lipinski definition) is 0. The van der Waals surface area contributed by atoms with E-state index in [1.807, 2.05) is 0 Å². The molecule has 7 unspecified atom stereocenters. The Labute approximate surface area is 229 Å². The molecule has 5 aliphatic rings. The van der Waals surface area contributed by atoms with Crippen LogP contribution in [0.3, 0.4) is 0 Å². The van der Waals surface area contributed by atoms with Crippen molar-refractivity contribution in [3.05, 3.63) is 11.6 Å². The van der Waals surface area contributed by atoms with Crippen molar-refractivity contribution in [2.24, 2.45) is 40.4 Å². The third-order valence-corrected chi connectivity index (χ3v) is 12.6. The lowest BCUT2D eigenvalue weighted by molar-refractivity contribution is -0.152. The summed E-state index contributed by atoms with van der Waals surface area (Å²) in [5.41, 5.74) is 2.60. The average molecular weight is 511 g/mol. The molecule has 5 aliphatic carbocycles. The van der Waals surface area contributed by atoms with Gasteiger partial charge in [0, 0.05) is 12.8 Å². The fraction of sp³-hybridized carbons (Fsp3) is 0.914. The molecule has 0 spiro atoms. The van der Waals surface area contributed by atoms with Crippen LogP contribution in [-0.2, 0) is 9.53 Å². The number of ether oxygens (including phenoxy) is 1. The topological polar surface area (TPSA) is 26.3 Å². The van der Waals surface area contributed by atoms with E-state index in [2.05, 4.69) is 26.8 Å². The zero-order chi connectivity index (χ0) is 25.9. The number of unbranched alkanes of at least 4 members (excludes halogenated alkanes) is 5. The zero-order valence-electron chi connectivity index (χ0n) is 24.7. The summed E-state index contributed by atoms with van der Waals surface area (Å²) in [5, 5.41) is 0. The summed E-state index contributed by atoms with van der Waals surface area (Å²) in [5.74, 6) is 4.34. The summed E-state index contributed by atoms with van der Waals surface area (Å²) in [4.78, 5) is 12.7. The number of carbonyl (C=O) groups excluding carboxylic acids is 1. The molecule has 210 valence electrons. The molecule has 0 saturated heterocycles. The second-order valence-corrected chi connectivity index (χ2v) is 14.7. The summed E-state index contributed by atoms with van der Waals surface area (Å²) in [6, 6.07) is 0. The molecule has 0 heterocycles. The van der Waals surface area contributed by atoms with Gasteiger partial charge in [0.1, 0.15) is 6.10 Å². The lowest BCUT2D eigenvalue weighted by Gasteiger charge is -2.58. The first-order chi connectivity index (χ1) is 17.9. The number of allylic oxidation sites excluding steroid dienone is 1. The second kappa shape index (κ2) is 12.2. The van der Waals surface area contributed by atoms with Crippen molar-refractivity contribution in [3.8, 4) is 0 Å². The first kappa shape index (κ1) is 27.8. The summed E-state index contributed by atoms with van der Waals surface area (Å²) in [6.07, 6.45) is 30.4. The van der Waals surface area contributed by atoms with Gasteiger partial charge in [0.25, 0.3) is 0 Å². The Balaban J connectivity index is 1.16. The van der Waals surface area contributed by atoms with Crippen LogP contribution in [0.25, 0.3) is 0 Å². The Bertz CT molecular complexity index is 793. The van der Waals surface area contributed by atoms with Crippen molar-refractivity contribution in [1.82, 2.24) is 0 Å². The van der Waals surface area contributed by atoms with Crippen LogP contribution in [0.15, 0.2) is 11.6 Å². The molecule has 4 fully saturated rings. The van der Waals surface area contributed by atoms with Crippen LogP contribution >= 0.6 is 0 Å². The third-order valence-electron chi connectivity index (χ3n) is 12.6. The SMILES string of the molecule is CCCCCCCCC1CCC2C3CC=C4CC(OC(=O)CC5CCCCC5)CCC4(C)C3CCC12C. The van der Waals surface area contributed by atoms with Gasteiger partial charge < -0.3 is 4.74 Å². The fourth-order valence-electron chi connectivity index (χ4n) is 10.3. The fourth-order valence-corrected chi connectivity index (χ4v) is 10.3. The van der Waals surface area contributed by atoms with Gasteiger partial charge in [-0.15, -0.1) is 0 Å². The lowest BCUT2D eigenvalue weighted by Crippen LogP contribution is -2.50. The molecule has 37 heavy (non-hydrogen) atoms. The molecule has 7 atom stereocenters. The molecule has 0 amide bonds. The predicted octanol–water partition coefficient (Wildman–Crippen LogP) is 10.2. The van der Waals surface area contributed by atoms with Gasteiger partial charge in [-0.1, -0.05) is 90.2 Å². The van der Waals surface area contributed by atoms with Crippen molar-refractivity contribution in [2.75, 3.05) is 0 Å². The van der Waals surface area contributed by atoms with E-state index < -0.39 is 0 Å². The number of hydrogen-bond acceptors (Lipinski definition) is 2. The number of rotatable bonds is 10. The maximum Gasteiger partial charge on any atom is 0.306 e. The summed E-state index contributed by atoms with van der Waals surface area (Å²) < 4.78 is 6.11. The molecular formula is C35H58O2. The highest BCUT2D eigenvalue weighted by atomic mass is 16.5. The zero-order valence-corrected chi connectivity index (χ0v) is 24.7. The molecule has 0 aromatic rings. The van der Waals surface area contributed by atoms with Crippen LogP contribution in [0.1, 0.15) is 156 Å². The maximum absolute atomic E-state index is 12.7. The van der Waals surface area contributed by atoms with Crippen LogP contribution in [0.2, 0.25) is 0 Å². The molecular weight excluding hydrogens is 452 g/mol. The van der Waals surface area contributed by atoms with Gasteiger partial charge in [0.05, 0.1) is 0 Å². The van der Waals surface area contributed by atoms with Crippen LogP contribution in [0, 0.1) is 40.4 Å². The van der Waals surface area contributed by atoms with Gasteiger partial charge in [0.15, 0.2) is 0 Å². The first-order valence-electron chi connectivity index (χ1n) is 16.8. The molecule has 5 rings (SSSR count). The second-order valence-electron chi connectivity index (χ2n) is 14.7. The maximum atomic E-state index is 12.7. The van der Waals surface area contributed by atoms with Gasteiger partial charge >= 0.3 is 5.97 Å². The Morgan fingerprint density at radius 3 is 2.49 bits per heavy atom. The van der Waals surface area contributed by atoms with Crippen molar-refractivity contribution in [1.29, 1.82) is 0 Å². The molecule has 2 nitrogen and oxygen atoms in total. The van der Waals surface area contributed by atoms with E-state index in [4.69, 9.17) is 4.74 Å². The van der Waals surface area contributed by atoms with Crippen LogP contribution < -0.4 is 0 Å². The minimum atomic E-state index is 0.0885. The Hall–Kier alpha value is -0.790. The van der Waals surface area contributed by atoms with E-state index in [0.29, 0.717) is 23.2 Å². The van der Waals surface area contributed by atoms with Crippen molar-refractivity contribution in [2.45, 2.75) is 162 Å². The van der Waals surface area contributed by atoms with Crippen LogP contribution in [0.4, 0.5) is 0 Å². The molecule has 0 N–H and O–H groups in total. The Morgan fingerprint density at radius 2 is 1.68 bits per heavy atom. The van der Waals surface area contributed by atoms with E-state index in [9.17, 15) is 4.79 Å². The highest BCUT2D eigenvalue weighted by Crippen LogP contribution is 2.66. The van der Waals surface area contributed by atoms with Crippen LogP contribution in [0.5, 0.6) is 0 Å². The normalized spacial score (nSPS) is 39.9. The molecule has 2 heteroatoms. The average Bonchev–Trinajstić information content (AvgIpc) is 3.23. The van der Waals surface area contributed by atoms with E-state index in [0.717, 1.165) is 36.5 Å². The third kappa shape index (κ3) is 5.89. The summed E-state index contributed by atoms with van der Waals surface area (Å²) in [6.45, 7) is 7.62. The minimum Gasteiger partial charge on any atom is -0.462 e. The molecule has 0 radical (unpaired) electrons. The van der Waals surface area contributed by atoms with Crippen molar-refractivity contribution < 1.29 is 9.53 Å². The van der Waals surface area contributed by atoms with E-state index in [-0.39, 0.29) is 12.1 Å².